The number of aliphatic hydroxyl groups is 2. The van der Waals surface area contributed by atoms with E-state index in [0.717, 1.165) is 17.7 Å². The molecule has 22 heavy (non-hydrogen) atoms. The first-order chi connectivity index (χ1) is 10.7. The molecule has 1 aliphatic rings. The lowest BCUT2D eigenvalue weighted by Crippen LogP contribution is -2.40. The van der Waals surface area contributed by atoms with Gasteiger partial charge in [-0.1, -0.05) is 18.2 Å². The zero-order valence-electron chi connectivity index (χ0n) is 12.2. The maximum Gasteiger partial charge on any atom is 0.202 e. The van der Waals surface area contributed by atoms with Crippen molar-refractivity contribution in [2.24, 2.45) is 0 Å². The summed E-state index contributed by atoms with van der Waals surface area (Å²) < 4.78 is 11.6. The normalized spacial score (nSPS) is 25.1. The molecule has 3 atom stereocenters. The van der Waals surface area contributed by atoms with Crippen molar-refractivity contribution in [1.82, 2.24) is 0 Å². The molecule has 1 aromatic heterocycles. The van der Waals surface area contributed by atoms with E-state index in [1.807, 2.05) is 24.3 Å². The SMILES string of the molecule is OC[C@@H]1C[C@H](O)C[C@H](Oc2ccccc2Cc2ccsc2)O1. The van der Waals surface area contributed by atoms with Crippen LogP contribution in [0.25, 0.3) is 0 Å². The molecule has 1 aliphatic heterocycles. The Morgan fingerprint density at radius 1 is 1.23 bits per heavy atom. The summed E-state index contributed by atoms with van der Waals surface area (Å²) in [6.07, 6.45) is 0.288. The van der Waals surface area contributed by atoms with Crippen LogP contribution in [-0.2, 0) is 11.2 Å². The van der Waals surface area contributed by atoms with Crippen molar-refractivity contribution in [1.29, 1.82) is 0 Å². The number of aliphatic hydroxyl groups excluding tert-OH is 2. The van der Waals surface area contributed by atoms with E-state index >= 15 is 0 Å². The zero-order chi connectivity index (χ0) is 15.4. The monoisotopic (exact) mass is 320 g/mol. The van der Waals surface area contributed by atoms with Crippen molar-refractivity contribution in [3.63, 3.8) is 0 Å². The summed E-state index contributed by atoms with van der Waals surface area (Å²) in [5, 5.41) is 23.3. The minimum atomic E-state index is -0.524. The van der Waals surface area contributed by atoms with E-state index in [9.17, 15) is 10.2 Å². The van der Waals surface area contributed by atoms with Crippen LogP contribution in [0.3, 0.4) is 0 Å². The predicted octanol–water partition coefficient (Wildman–Crippen LogP) is 2.58. The summed E-state index contributed by atoms with van der Waals surface area (Å²) in [5.74, 6) is 0.768. The number of hydrogen-bond donors (Lipinski definition) is 2. The number of para-hydroxylation sites is 1. The fourth-order valence-electron chi connectivity index (χ4n) is 2.66. The van der Waals surface area contributed by atoms with Crippen LogP contribution >= 0.6 is 11.3 Å². The maximum absolute atomic E-state index is 9.87. The van der Waals surface area contributed by atoms with E-state index < -0.39 is 12.4 Å². The quantitative estimate of drug-likeness (QED) is 0.889. The minimum Gasteiger partial charge on any atom is -0.465 e. The summed E-state index contributed by atoms with van der Waals surface area (Å²) in [5.41, 5.74) is 2.34. The molecule has 0 spiro atoms. The molecule has 0 aliphatic carbocycles. The lowest BCUT2D eigenvalue weighted by molar-refractivity contribution is -0.184. The highest BCUT2D eigenvalue weighted by atomic mass is 32.1. The second-order valence-electron chi connectivity index (χ2n) is 5.53. The van der Waals surface area contributed by atoms with Crippen molar-refractivity contribution < 1.29 is 19.7 Å². The smallest absolute Gasteiger partial charge is 0.202 e. The maximum atomic E-state index is 9.87. The third-order valence-electron chi connectivity index (χ3n) is 3.75. The Kier molecular flexibility index (Phi) is 5.10. The van der Waals surface area contributed by atoms with Crippen LogP contribution in [-0.4, -0.2) is 35.3 Å². The summed E-state index contributed by atoms with van der Waals surface area (Å²) in [6, 6.07) is 9.97. The summed E-state index contributed by atoms with van der Waals surface area (Å²) in [4.78, 5) is 0. The topological polar surface area (TPSA) is 58.9 Å². The molecule has 5 heteroatoms. The Bertz CT molecular complexity index is 584. The van der Waals surface area contributed by atoms with Gasteiger partial charge >= 0.3 is 0 Å². The Morgan fingerprint density at radius 3 is 2.86 bits per heavy atom. The van der Waals surface area contributed by atoms with Crippen LogP contribution in [0.1, 0.15) is 24.0 Å². The van der Waals surface area contributed by atoms with E-state index in [0.29, 0.717) is 12.8 Å². The van der Waals surface area contributed by atoms with Gasteiger partial charge in [0.25, 0.3) is 0 Å². The molecule has 0 radical (unpaired) electrons. The molecule has 4 nitrogen and oxygen atoms in total. The molecule has 2 N–H and O–H groups in total. The van der Waals surface area contributed by atoms with Crippen LogP contribution in [0.4, 0.5) is 0 Å². The van der Waals surface area contributed by atoms with Crippen LogP contribution in [0.5, 0.6) is 5.75 Å². The highest BCUT2D eigenvalue weighted by molar-refractivity contribution is 7.07. The van der Waals surface area contributed by atoms with Gasteiger partial charge in [0, 0.05) is 19.3 Å². The Hall–Kier alpha value is -1.40. The average Bonchev–Trinajstić information content (AvgIpc) is 3.01. The van der Waals surface area contributed by atoms with Gasteiger partial charge in [-0.3, -0.25) is 0 Å². The van der Waals surface area contributed by atoms with Crippen molar-refractivity contribution in [3.8, 4) is 5.75 Å². The fraction of sp³-hybridized carbons (Fsp3) is 0.412. The van der Waals surface area contributed by atoms with E-state index in [1.54, 1.807) is 11.3 Å². The Morgan fingerprint density at radius 2 is 2.09 bits per heavy atom. The predicted molar refractivity (Wildman–Crippen MR) is 85.2 cm³/mol. The molecule has 1 aromatic carbocycles. The molecule has 118 valence electrons. The van der Waals surface area contributed by atoms with Crippen molar-refractivity contribution in [3.05, 3.63) is 52.2 Å². The van der Waals surface area contributed by atoms with Gasteiger partial charge in [0.05, 0.1) is 18.8 Å². The summed E-state index contributed by atoms with van der Waals surface area (Å²) >= 11 is 1.68. The van der Waals surface area contributed by atoms with Crippen LogP contribution in [0.15, 0.2) is 41.1 Å². The molecule has 1 fully saturated rings. The molecule has 2 aromatic rings. The lowest BCUT2D eigenvalue weighted by Gasteiger charge is -2.32. The fourth-order valence-corrected chi connectivity index (χ4v) is 3.33. The summed E-state index contributed by atoms with van der Waals surface area (Å²) in [6.45, 7) is -0.104. The molecule has 0 saturated carbocycles. The van der Waals surface area contributed by atoms with Crippen molar-refractivity contribution in [2.45, 2.75) is 37.8 Å². The van der Waals surface area contributed by atoms with Gasteiger partial charge < -0.3 is 19.7 Å². The van der Waals surface area contributed by atoms with E-state index in [4.69, 9.17) is 9.47 Å². The second-order valence-corrected chi connectivity index (χ2v) is 6.31. The lowest BCUT2D eigenvalue weighted by atomic mass is 10.0. The van der Waals surface area contributed by atoms with Gasteiger partial charge in [0.15, 0.2) is 0 Å². The molecular weight excluding hydrogens is 300 g/mol. The highest BCUT2D eigenvalue weighted by Crippen LogP contribution is 2.27. The van der Waals surface area contributed by atoms with E-state index in [2.05, 4.69) is 16.8 Å². The first kappa shape index (κ1) is 15.5. The van der Waals surface area contributed by atoms with Gasteiger partial charge in [-0.15, -0.1) is 0 Å². The third-order valence-corrected chi connectivity index (χ3v) is 4.49. The van der Waals surface area contributed by atoms with E-state index in [-0.39, 0.29) is 12.7 Å². The minimum absolute atomic E-state index is 0.104. The number of thiophene rings is 1. The Labute approximate surface area is 133 Å². The van der Waals surface area contributed by atoms with Crippen molar-refractivity contribution in [2.75, 3.05) is 6.61 Å². The number of rotatable bonds is 5. The largest absolute Gasteiger partial charge is 0.465 e. The average molecular weight is 320 g/mol. The van der Waals surface area contributed by atoms with Crippen LogP contribution in [0, 0.1) is 0 Å². The highest BCUT2D eigenvalue weighted by Gasteiger charge is 2.29. The van der Waals surface area contributed by atoms with Gasteiger partial charge in [-0.05, 0) is 34.0 Å². The molecule has 1 saturated heterocycles. The first-order valence-corrected chi connectivity index (χ1v) is 8.39. The zero-order valence-corrected chi connectivity index (χ0v) is 13.0. The second kappa shape index (κ2) is 7.24. The molecule has 0 amide bonds. The van der Waals surface area contributed by atoms with Gasteiger partial charge in [-0.25, -0.2) is 0 Å². The van der Waals surface area contributed by atoms with Crippen molar-refractivity contribution >= 4 is 11.3 Å². The number of hydrogen-bond acceptors (Lipinski definition) is 5. The molecule has 0 bridgehead atoms. The van der Waals surface area contributed by atoms with Crippen LogP contribution in [0.2, 0.25) is 0 Å². The van der Waals surface area contributed by atoms with E-state index in [1.165, 1.54) is 5.56 Å². The van der Waals surface area contributed by atoms with Gasteiger partial charge in [-0.2, -0.15) is 11.3 Å². The molecule has 2 heterocycles. The molecule has 0 unspecified atom stereocenters. The van der Waals surface area contributed by atoms with Gasteiger partial charge in [0.1, 0.15) is 5.75 Å². The Balaban J connectivity index is 1.72. The molecular formula is C17H20O4S. The number of benzene rings is 1. The summed E-state index contributed by atoms with van der Waals surface area (Å²) in [7, 11) is 0. The first-order valence-electron chi connectivity index (χ1n) is 7.44. The number of ether oxygens (including phenoxy) is 2. The standard InChI is InChI=1S/C17H20O4S/c18-10-15-8-14(19)9-17(20-15)21-16-4-2-1-3-13(16)7-12-5-6-22-11-12/h1-6,11,14-15,17-19H,7-10H2/t14-,15-,17-/m0/s1. The third kappa shape index (κ3) is 3.87. The van der Waals surface area contributed by atoms with Gasteiger partial charge in [0.2, 0.25) is 6.29 Å². The van der Waals surface area contributed by atoms with Crippen LogP contribution < -0.4 is 4.74 Å². The molecule has 3 rings (SSSR count).